The molecule has 0 saturated carbocycles. The van der Waals surface area contributed by atoms with E-state index in [-0.39, 0.29) is 18.9 Å². The van der Waals surface area contributed by atoms with Crippen LogP contribution in [0.2, 0.25) is 0 Å². The van der Waals surface area contributed by atoms with Crippen LogP contribution in [-0.4, -0.2) is 49.2 Å². The van der Waals surface area contributed by atoms with Crippen LogP contribution >= 0.6 is 0 Å². The van der Waals surface area contributed by atoms with Gasteiger partial charge >= 0.3 is 6.09 Å². The van der Waals surface area contributed by atoms with Crippen molar-refractivity contribution in [2.45, 2.75) is 58.3 Å². The summed E-state index contributed by atoms with van der Waals surface area (Å²) in [6.45, 7) is 7.59. The molecule has 1 unspecified atom stereocenters. The minimum Gasteiger partial charge on any atom is -0.444 e. The topological polar surface area (TPSA) is 48.0 Å². The lowest BCUT2D eigenvalue weighted by molar-refractivity contribution is -0.163. The predicted molar refractivity (Wildman–Crippen MR) is 80.8 cm³/mol. The molecule has 1 saturated heterocycles. The lowest BCUT2D eigenvalue weighted by atomic mass is 10.2. The predicted octanol–water partition coefficient (Wildman–Crippen LogP) is 2.79. The van der Waals surface area contributed by atoms with E-state index in [4.69, 9.17) is 20.6 Å². The Labute approximate surface area is 127 Å². The van der Waals surface area contributed by atoms with Crippen molar-refractivity contribution in [2.75, 3.05) is 26.3 Å². The van der Waals surface area contributed by atoms with E-state index in [0.29, 0.717) is 19.6 Å². The molecular formula is C16H27NO4. The van der Waals surface area contributed by atoms with Gasteiger partial charge in [-0.3, -0.25) is 4.90 Å². The Morgan fingerprint density at radius 2 is 2.19 bits per heavy atom. The number of hydrogen-bond donors (Lipinski definition) is 0. The highest BCUT2D eigenvalue weighted by Gasteiger charge is 2.21. The highest BCUT2D eigenvalue weighted by Crippen LogP contribution is 2.14. The number of nitrogens with zero attached hydrogens (tertiary/aromatic N) is 1. The molecule has 0 aromatic carbocycles. The Hall–Kier alpha value is -1.25. The smallest absolute Gasteiger partial charge is 0.411 e. The number of carbonyl (C=O) groups is 1. The fraction of sp³-hybridized carbons (Fsp3) is 0.812. The van der Waals surface area contributed by atoms with E-state index in [2.05, 4.69) is 5.92 Å². The van der Waals surface area contributed by atoms with E-state index in [1.54, 1.807) is 0 Å². The molecule has 1 rings (SSSR count). The number of carbonyl (C=O) groups excluding carboxylic acids is 1. The molecule has 21 heavy (non-hydrogen) atoms. The van der Waals surface area contributed by atoms with Gasteiger partial charge in [-0.2, -0.15) is 0 Å². The minimum atomic E-state index is -0.517. The Balaban J connectivity index is 2.27. The Morgan fingerprint density at radius 3 is 2.76 bits per heavy atom. The fourth-order valence-electron chi connectivity index (χ4n) is 1.98. The second-order valence-electron chi connectivity index (χ2n) is 6.13. The summed E-state index contributed by atoms with van der Waals surface area (Å²) in [5, 5.41) is 0. The summed E-state index contributed by atoms with van der Waals surface area (Å²) in [5.41, 5.74) is -0.517. The third kappa shape index (κ3) is 7.93. The van der Waals surface area contributed by atoms with Gasteiger partial charge in [0.1, 0.15) is 5.60 Å². The summed E-state index contributed by atoms with van der Waals surface area (Å²) in [4.78, 5) is 13.5. The molecule has 1 fully saturated rings. The lowest BCUT2D eigenvalue weighted by Crippen LogP contribution is -2.38. The van der Waals surface area contributed by atoms with Crippen molar-refractivity contribution in [2.24, 2.45) is 0 Å². The zero-order valence-electron chi connectivity index (χ0n) is 13.4. The molecular weight excluding hydrogens is 270 g/mol. The number of rotatable bonds is 6. The van der Waals surface area contributed by atoms with E-state index in [0.717, 1.165) is 25.9 Å². The van der Waals surface area contributed by atoms with Crippen molar-refractivity contribution in [1.82, 2.24) is 4.90 Å². The summed E-state index contributed by atoms with van der Waals surface area (Å²) >= 11 is 0. The molecule has 0 aromatic rings. The maximum atomic E-state index is 12.0. The quantitative estimate of drug-likeness (QED) is 0.559. The van der Waals surface area contributed by atoms with E-state index < -0.39 is 5.60 Å². The molecule has 120 valence electrons. The average Bonchev–Trinajstić information content (AvgIpc) is 2.41. The van der Waals surface area contributed by atoms with Crippen molar-refractivity contribution in [3.8, 4) is 12.3 Å². The summed E-state index contributed by atoms with van der Waals surface area (Å²) in [5.74, 6) is 2.48. The fourth-order valence-corrected chi connectivity index (χ4v) is 1.98. The van der Waals surface area contributed by atoms with Gasteiger partial charge < -0.3 is 14.2 Å². The number of hydrogen-bond acceptors (Lipinski definition) is 4. The van der Waals surface area contributed by atoms with Crippen molar-refractivity contribution >= 4 is 6.09 Å². The normalized spacial score (nSPS) is 18.9. The zero-order chi connectivity index (χ0) is 15.7. The second-order valence-corrected chi connectivity index (χ2v) is 6.13. The van der Waals surface area contributed by atoms with Gasteiger partial charge in [0.05, 0.1) is 13.2 Å². The van der Waals surface area contributed by atoms with Crippen LogP contribution in [0.5, 0.6) is 0 Å². The molecule has 5 heteroatoms. The molecule has 1 heterocycles. The van der Waals surface area contributed by atoms with Crippen LogP contribution in [0.4, 0.5) is 4.79 Å². The molecule has 1 amide bonds. The molecule has 5 nitrogen and oxygen atoms in total. The van der Waals surface area contributed by atoms with Crippen LogP contribution in [0.15, 0.2) is 0 Å². The highest BCUT2D eigenvalue weighted by molar-refractivity contribution is 5.68. The molecule has 1 atom stereocenters. The Kier molecular flexibility index (Phi) is 7.55. The summed E-state index contributed by atoms with van der Waals surface area (Å²) in [6, 6.07) is 0. The molecule has 1 aliphatic heterocycles. The van der Waals surface area contributed by atoms with Crippen LogP contribution in [0.3, 0.4) is 0 Å². The maximum Gasteiger partial charge on any atom is 0.411 e. The van der Waals surface area contributed by atoms with Crippen LogP contribution in [0.1, 0.15) is 46.5 Å². The first-order valence-electron chi connectivity index (χ1n) is 7.57. The number of terminal acetylenes is 1. The van der Waals surface area contributed by atoms with Gasteiger partial charge in [0.2, 0.25) is 0 Å². The highest BCUT2D eigenvalue weighted by atomic mass is 16.7. The lowest BCUT2D eigenvalue weighted by Gasteiger charge is -2.26. The summed E-state index contributed by atoms with van der Waals surface area (Å²) in [6.07, 6.45) is 8.73. The standard InChI is InChI=1S/C16H27NO4/c1-5-10-17(15(18)21-16(2,3)4)11-8-13-20-14-9-6-7-12-19-14/h1,14H,6-13H2,2-4H3. The van der Waals surface area contributed by atoms with Crippen molar-refractivity contribution in [3.05, 3.63) is 0 Å². The average molecular weight is 297 g/mol. The first kappa shape index (κ1) is 17.8. The maximum absolute atomic E-state index is 12.0. The van der Waals surface area contributed by atoms with Gasteiger partial charge in [-0.15, -0.1) is 6.42 Å². The second kappa shape index (κ2) is 8.91. The first-order valence-corrected chi connectivity index (χ1v) is 7.57. The van der Waals surface area contributed by atoms with Crippen molar-refractivity contribution < 1.29 is 19.0 Å². The molecule has 0 N–H and O–H groups in total. The Morgan fingerprint density at radius 1 is 1.43 bits per heavy atom. The van der Waals surface area contributed by atoms with Gasteiger partial charge in [-0.05, 0) is 46.5 Å². The monoisotopic (exact) mass is 297 g/mol. The minimum absolute atomic E-state index is 0.0960. The van der Waals surface area contributed by atoms with E-state index in [1.165, 1.54) is 4.90 Å². The molecule has 0 spiro atoms. The van der Waals surface area contributed by atoms with E-state index in [9.17, 15) is 4.79 Å². The number of amides is 1. The molecule has 0 bridgehead atoms. The summed E-state index contributed by atoms with van der Waals surface area (Å²) in [7, 11) is 0. The molecule has 0 aromatic heterocycles. The molecule has 0 radical (unpaired) electrons. The van der Waals surface area contributed by atoms with Crippen molar-refractivity contribution in [3.63, 3.8) is 0 Å². The third-order valence-electron chi connectivity index (χ3n) is 2.95. The third-order valence-corrected chi connectivity index (χ3v) is 2.95. The van der Waals surface area contributed by atoms with Crippen LogP contribution in [0, 0.1) is 12.3 Å². The zero-order valence-corrected chi connectivity index (χ0v) is 13.4. The van der Waals surface area contributed by atoms with E-state index in [1.807, 2.05) is 20.8 Å². The van der Waals surface area contributed by atoms with Gasteiger partial charge in [0.15, 0.2) is 6.29 Å². The first-order chi connectivity index (χ1) is 9.92. The van der Waals surface area contributed by atoms with Crippen LogP contribution in [0.25, 0.3) is 0 Å². The van der Waals surface area contributed by atoms with Gasteiger partial charge in [-0.25, -0.2) is 4.79 Å². The SMILES string of the molecule is C#CCN(CCCOC1CCCCO1)C(=O)OC(C)(C)C. The van der Waals surface area contributed by atoms with Gasteiger partial charge in [-0.1, -0.05) is 5.92 Å². The number of ether oxygens (including phenoxy) is 3. The van der Waals surface area contributed by atoms with E-state index >= 15 is 0 Å². The molecule has 0 aliphatic carbocycles. The van der Waals surface area contributed by atoms with Gasteiger partial charge in [0, 0.05) is 13.2 Å². The largest absolute Gasteiger partial charge is 0.444 e. The Bertz CT molecular complexity index is 350. The summed E-state index contributed by atoms with van der Waals surface area (Å²) < 4.78 is 16.5. The van der Waals surface area contributed by atoms with Gasteiger partial charge in [0.25, 0.3) is 0 Å². The van der Waals surface area contributed by atoms with Crippen LogP contribution < -0.4 is 0 Å². The molecule has 1 aliphatic rings. The van der Waals surface area contributed by atoms with Crippen molar-refractivity contribution in [1.29, 1.82) is 0 Å². The van der Waals surface area contributed by atoms with Crippen LogP contribution in [-0.2, 0) is 14.2 Å².